The summed E-state index contributed by atoms with van der Waals surface area (Å²) in [6.07, 6.45) is 5.46. The molecule has 2 unspecified atom stereocenters. The van der Waals surface area contributed by atoms with Crippen LogP contribution in [0.1, 0.15) is 25.7 Å². The van der Waals surface area contributed by atoms with Gasteiger partial charge in [-0.25, -0.2) is 13.1 Å². The Hall–Kier alpha value is -0.110. The van der Waals surface area contributed by atoms with Crippen molar-refractivity contribution in [1.29, 1.82) is 0 Å². The van der Waals surface area contributed by atoms with E-state index in [9.17, 15) is 8.42 Å². The fourth-order valence-electron chi connectivity index (χ4n) is 2.50. The summed E-state index contributed by atoms with van der Waals surface area (Å²) < 4.78 is 28.9. The summed E-state index contributed by atoms with van der Waals surface area (Å²) in [5.41, 5.74) is 0. The molecule has 0 aromatic carbocycles. The summed E-state index contributed by atoms with van der Waals surface area (Å²) in [7, 11) is -2.05. The van der Waals surface area contributed by atoms with Crippen molar-refractivity contribution < 1.29 is 8.42 Å². The van der Waals surface area contributed by atoms with Gasteiger partial charge in [-0.2, -0.15) is 5.10 Å². The van der Waals surface area contributed by atoms with E-state index in [-0.39, 0.29) is 16.1 Å². The lowest BCUT2D eigenvalue weighted by atomic mass is 9.87. The quantitative estimate of drug-likeness (QED) is 0.827. The van der Waals surface area contributed by atoms with Crippen LogP contribution in [0, 0.1) is 5.92 Å². The zero-order valence-electron chi connectivity index (χ0n) is 10.6. The molecule has 8 heteroatoms. The first kappa shape index (κ1) is 15.3. The monoisotopic (exact) mass is 369 g/mol. The SMILES string of the molecule is Cn1ncc(Cl)c1S(=O)(=O)NC1CCCCC1CBr. The zero-order valence-corrected chi connectivity index (χ0v) is 13.8. The van der Waals surface area contributed by atoms with Crippen molar-refractivity contribution in [2.24, 2.45) is 13.0 Å². The minimum absolute atomic E-state index is 0.0352. The third-order valence-electron chi connectivity index (χ3n) is 3.51. The fourth-order valence-corrected chi connectivity index (χ4v) is 5.27. The molecular weight excluding hydrogens is 354 g/mol. The average Bonchev–Trinajstić information content (AvgIpc) is 2.70. The second kappa shape index (κ2) is 6.11. The van der Waals surface area contributed by atoms with Gasteiger partial charge in [0.1, 0.15) is 0 Å². The number of aryl methyl sites for hydroxylation is 1. The zero-order chi connectivity index (χ0) is 14.0. The van der Waals surface area contributed by atoms with E-state index in [1.54, 1.807) is 7.05 Å². The highest BCUT2D eigenvalue weighted by molar-refractivity contribution is 9.09. The molecule has 1 aliphatic rings. The lowest BCUT2D eigenvalue weighted by Gasteiger charge is -2.30. The molecule has 0 radical (unpaired) electrons. The minimum Gasteiger partial charge on any atom is -0.255 e. The number of nitrogens with zero attached hydrogens (tertiary/aromatic N) is 2. The summed E-state index contributed by atoms with van der Waals surface area (Å²) in [4.78, 5) is 0. The number of halogens is 2. The predicted octanol–water partition coefficient (Wildman–Crippen LogP) is 2.31. The highest BCUT2D eigenvalue weighted by Gasteiger charge is 2.31. The van der Waals surface area contributed by atoms with Gasteiger partial charge in [-0.3, -0.25) is 4.68 Å². The minimum atomic E-state index is -3.62. The second-order valence-electron chi connectivity index (χ2n) is 4.85. The van der Waals surface area contributed by atoms with Crippen LogP contribution in [0.25, 0.3) is 0 Å². The number of hydrogen-bond donors (Lipinski definition) is 1. The standard InChI is InChI=1S/C11H17BrClN3O2S/c1-16-11(9(13)7-14-16)19(17,18)15-10-5-3-2-4-8(10)6-12/h7-8,10,15H,2-6H2,1H3. The van der Waals surface area contributed by atoms with Gasteiger partial charge in [0, 0.05) is 18.4 Å². The summed E-state index contributed by atoms with van der Waals surface area (Å²) in [5, 5.41) is 4.87. The fraction of sp³-hybridized carbons (Fsp3) is 0.727. The first-order valence-electron chi connectivity index (χ1n) is 6.21. The van der Waals surface area contributed by atoms with Gasteiger partial charge in [-0.1, -0.05) is 40.4 Å². The van der Waals surface area contributed by atoms with Crippen LogP contribution in [-0.2, 0) is 17.1 Å². The number of rotatable bonds is 4. The van der Waals surface area contributed by atoms with Crippen molar-refractivity contribution in [3.63, 3.8) is 0 Å². The van der Waals surface area contributed by atoms with Crippen molar-refractivity contribution in [2.75, 3.05) is 5.33 Å². The Morgan fingerprint density at radius 3 is 2.79 bits per heavy atom. The lowest BCUT2D eigenvalue weighted by molar-refractivity contribution is 0.316. The Labute approximate surface area is 126 Å². The van der Waals surface area contributed by atoms with Gasteiger partial charge in [0.05, 0.1) is 11.2 Å². The maximum Gasteiger partial charge on any atom is 0.259 e. The van der Waals surface area contributed by atoms with Crippen LogP contribution in [0.3, 0.4) is 0 Å². The topological polar surface area (TPSA) is 64.0 Å². The molecule has 0 bridgehead atoms. The molecule has 1 aromatic heterocycles. The molecule has 1 fully saturated rings. The van der Waals surface area contributed by atoms with E-state index in [1.165, 1.54) is 10.9 Å². The number of aromatic nitrogens is 2. The first-order chi connectivity index (χ1) is 8.95. The Morgan fingerprint density at radius 2 is 2.21 bits per heavy atom. The van der Waals surface area contributed by atoms with E-state index < -0.39 is 10.0 Å². The smallest absolute Gasteiger partial charge is 0.255 e. The molecule has 2 rings (SSSR count). The van der Waals surface area contributed by atoms with E-state index >= 15 is 0 Å². The Bertz CT molecular complexity index is 527. The molecule has 0 spiro atoms. The molecule has 0 amide bonds. The number of nitrogens with one attached hydrogen (secondary N) is 1. The highest BCUT2D eigenvalue weighted by atomic mass is 79.9. The number of hydrogen-bond acceptors (Lipinski definition) is 3. The van der Waals surface area contributed by atoms with Gasteiger partial charge in [0.25, 0.3) is 10.0 Å². The molecule has 2 atom stereocenters. The highest BCUT2D eigenvalue weighted by Crippen LogP contribution is 2.28. The molecule has 1 aliphatic carbocycles. The molecule has 19 heavy (non-hydrogen) atoms. The lowest BCUT2D eigenvalue weighted by Crippen LogP contribution is -2.43. The van der Waals surface area contributed by atoms with Crippen LogP contribution in [0.15, 0.2) is 11.2 Å². The molecule has 1 saturated carbocycles. The Morgan fingerprint density at radius 1 is 1.53 bits per heavy atom. The van der Waals surface area contributed by atoms with Gasteiger partial charge in [0.15, 0.2) is 5.03 Å². The van der Waals surface area contributed by atoms with Crippen molar-refractivity contribution in [3.05, 3.63) is 11.2 Å². The van der Waals surface area contributed by atoms with Gasteiger partial charge in [-0.05, 0) is 18.8 Å². The van der Waals surface area contributed by atoms with Crippen LogP contribution < -0.4 is 4.72 Å². The normalized spacial score (nSPS) is 24.6. The summed E-state index contributed by atoms with van der Waals surface area (Å²) in [6.45, 7) is 0. The van der Waals surface area contributed by atoms with Crippen LogP contribution in [-0.4, -0.2) is 29.6 Å². The van der Waals surface area contributed by atoms with Crippen molar-refractivity contribution in [3.8, 4) is 0 Å². The van der Waals surface area contributed by atoms with Crippen LogP contribution in [0.4, 0.5) is 0 Å². The molecular formula is C11H17BrClN3O2S. The molecule has 1 N–H and O–H groups in total. The van der Waals surface area contributed by atoms with Crippen molar-refractivity contribution in [1.82, 2.24) is 14.5 Å². The second-order valence-corrected chi connectivity index (χ2v) is 7.53. The van der Waals surface area contributed by atoms with E-state index in [1.807, 2.05) is 0 Å². The van der Waals surface area contributed by atoms with Gasteiger partial charge in [-0.15, -0.1) is 0 Å². The summed E-state index contributed by atoms with van der Waals surface area (Å²) >= 11 is 9.36. The van der Waals surface area contributed by atoms with Crippen molar-refractivity contribution >= 4 is 37.6 Å². The van der Waals surface area contributed by atoms with Crippen LogP contribution in [0.2, 0.25) is 5.02 Å². The van der Waals surface area contributed by atoms with Gasteiger partial charge >= 0.3 is 0 Å². The van der Waals surface area contributed by atoms with Crippen molar-refractivity contribution in [2.45, 2.75) is 36.8 Å². The third kappa shape index (κ3) is 3.32. The van der Waals surface area contributed by atoms with E-state index in [2.05, 4.69) is 25.8 Å². The first-order valence-corrected chi connectivity index (χ1v) is 9.19. The molecule has 1 heterocycles. The molecule has 0 aliphatic heterocycles. The van der Waals surface area contributed by atoms with E-state index in [0.717, 1.165) is 31.0 Å². The predicted molar refractivity (Wildman–Crippen MR) is 78.1 cm³/mol. The molecule has 0 saturated heterocycles. The van der Waals surface area contributed by atoms with E-state index in [4.69, 9.17) is 11.6 Å². The Kier molecular flexibility index (Phi) is 4.92. The molecule has 108 valence electrons. The maximum atomic E-state index is 12.4. The number of alkyl halides is 1. The molecule has 5 nitrogen and oxygen atoms in total. The van der Waals surface area contributed by atoms with Crippen LogP contribution in [0.5, 0.6) is 0 Å². The number of sulfonamides is 1. The van der Waals surface area contributed by atoms with Gasteiger partial charge < -0.3 is 0 Å². The van der Waals surface area contributed by atoms with Gasteiger partial charge in [0.2, 0.25) is 0 Å². The summed E-state index contributed by atoms with van der Waals surface area (Å²) in [5.74, 6) is 0.329. The summed E-state index contributed by atoms with van der Waals surface area (Å²) in [6, 6.07) is -0.0379. The largest absolute Gasteiger partial charge is 0.259 e. The Balaban J connectivity index is 2.21. The maximum absolute atomic E-state index is 12.4. The molecule has 1 aromatic rings. The van der Waals surface area contributed by atoms with E-state index in [0.29, 0.717) is 5.92 Å². The third-order valence-corrected chi connectivity index (χ3v) is 6.34. The average molecular weight is 371 g/mol. The van der Waals surface area contributed by atoms with Crippen LogP contribution >= 0.6 is 27.5 Å².